The summed E-state index contributed by atoms with van der Waals surface area (Å²) >= 11 is 0. The fraction of sp³-hybridized carbons (Fsp3) is 0.611. The number of likely N-dealkylation sites (tertiary alicyclic amines) is 1. The van der Waals surface area contributed by atoms with E-state index in [0.717, 1.165) is 46.7 Å². The normalized spacial score (nSPS) is 17.2. The van der Waals surface area contributed by atoms with Gasteiger partial charge in [0.1, 0.15) is 5.75 Å². The van der Waals surface area contributed by atoms with E-state index in [4.69, 9.17) is 9.26 Å². The Morgan fingerprint density at radius 1 is 1.32 bits per heavy atom. The average Bonchev–Trinajstić information content (AvgIpc) is 2.96. The van der Waals surface area contributed by atoms with Gasteiger partial charge in [-0.2, -0.15) is 0 Å². The molecule has 0 bridgehead atoms. The minimum atomic E-state index is 0.826. The van der Waals surface area contributed by atoms with Crippen molar-refractivity contribution in [1.29, 1.82) is 0 Å². The molecule has 2 aromatic rings. The largest absolute Gasteiger partial charge is 0.496 e. The maximum Gasteiger partial charge on any atom is 0.174 e. The van der Waals surface area contributed by atoms with Gasteiger partial charge in [0.05, 0.1) is 12.8 Å². The van der Waals surface area contributed by atoms with Crippen LogP contribution < -0.4 is 4.74 Å². The third kappa shape index (κ3) is 2.98. The highest BCUT2D eigenvalue weighted by Gasteiger charge is 2.19. The highest BCUT2D eigenvalue weighted by molar-refractivity contribution is 5.84. The van der Waals surface area contributed by atoms with Gasteiger partial charge in [0.2, 0.25) is 0 Å². The summed E-state index contributed by atoms with van der Waals surface area (Å²) in [5, 5.41) is 5.50. The Balaban J connectivity index is 1.75. The molecule has 0 N–H and O–H groups in total. The smallest absolute Gasteiger partial charge is 0.174 e. The SMILES string of the molecule is CCc1c(OC)ccc2c(CCC3CCN(C)CC3)noc12. The Bertz CT molecular complexity index is 627. The number of aromatic nitrogens is 1. The van der Waals surface area contributed by atoms with E-state index < -0.39 is 0 Å². The molecule has 0 atom stereocenters. The first kappa shape index (κ1) is 15.3. The molecular formula is C18H26N2O2. The summed E-state index contributed by atoms with van der Waals surface area (Å²) < 4.78 is 11.1. The van der Waals surface area contributed by atoms with Crippen molar-refractivity contribution in [3.63, 3.8) is 0 Å². The molecule has 0 unspecified atom stereocenters. The van der Waals surface area contributed by atoms with E-state index in [1.54, 1.807) is 7.11 Å². The van der Waals surface area contributed by atoms with Gasteiger partial charge in [-0.25, -0.2) is 0 Å². The van der Waals surface area contributed by atoms with Crippen molar-refractivity contribution < 1.29 is 9.26 Å². The third-order valence-electron chi connectivity index (χ3n) is 4.98. The van der Waals surface area contributed by atoms with Crippen LogP contribution in [0.1, 0.15) is 37.4 Å². The summed E-state index contributed by atoms with van der Waals surface area (Å²) in [7, 11) is 3.92. The molecule has 1 aliphatic heterocycles. The highest BCUT2D eigenvalue weighted by atomic mass is 16.5. The van der Waals surface area contributed by atoms with Crippen LogP contribution in [0.25, 0.3) is 11.0 Å². The van der Waals surface area contributed by atoms with Crippen LogP contribution in [-0.2, 0) is 12.8 Å². The summed E-state index contributed by atoms with van der Waals surface area (Å²) in [6.45, 7) is 4.57. The summed E-state index contributed by atoms with van der Waals surface area (Å²) in [6, 6.07) is 4.13. The van der Waals surface area contributed by atoms with E-state index in [1.165, 1.54) is 32.4 Å². The van der Waals surface area contributed by atoms with Crippen LogP contribution in [0.5, 0.6) is 5.75 Å². The first-order valence-corrected chi connectivity index (χ1v) is 8.35. The second-order valence-corrected chi connectivity index (χ2v) is 6.39. The fourth-order valence-corrected chi connectivity index (χ4v) is 3.49. The van der Waals surface area contributed by atoms with E-state index in [2.05, 4.69) is 30.1 Å². The number of methoxy groups -OCH3 is 1. The highest BCUT2D eigenvalue weighted by Crippen LogP contribution is 2.31. The predicted octanol–water partition coefficient (Wildman–Crippen LogP) is 3.67. The van der Waals surface area contributed by atoms with Crippen LogP contribution in [-0.4, -0.2) is 37.3 Å². The van der Waals surface area contributed by atoms with Crippen molar-refractivity contribution in [2.75, 3.05) is 27.2 Å². The van der Waals surface area contributed by atoms with Crippen molar-refractivity contribution >= 4 is 11.0 Å². The number of aryl methyl sites for hydroxylation is 2. The predicted molar refractivity (Wildman–Crippen MR) is 88.5 cm³/mol. The molecule has 0 spiro atoms. The minimum Gasteiger partial charge on any atom is -0.496 e. The lowest BCUT2D eigenvalue weighted by Gasteiger charge is -2.28. The molecule has 1 fully saturated rings. The van der Waals surface area contributed by atoms with Gasteiger partial charge in [-0.1, -0.05) is 12.1 Å². The molecule has 1 aliphatic rings. The van der Waals surface area contributed by atoms with E-state index in [0.29, 0.717) is 0 Å². The molecule has 1 saturated heterocycles. The summed E-state index contributed by atoms with van der Waals surface area (Å²) in [6.07, 6.45) is 5.73. The standard InChI is InChI=1S/C18H26N2O2/c1-4-14-17(21-3)8-6-15-16(19-22-18(14)15)7-5-13-9-11-20(2)12-10-13/h6,8,13H,4-5,7,9-12H2,1-3H3. The molecule has 0 amide bonds. The number of nitrogens with zero attached hydrogens (tertiary/aromatic N) is 2. The zero-order chi connectivity index (χ0) is 15.5. The monoisotopic (exact) mass is 302 g/mol. The number of hydrogen-bond donors (Lipinski definition) is 0. The summed E-state index contributed by atoms with van der Waals surface area (Å²) in [5.74, 6) is 1.72. The molecule has 4 heteroatoms. The van der Waals surface area contributed by atoms with Gasteiger partial charge < -0.3 is 14.2 Å². The quantitative estimate of drug-likeness (QED) is 0.844. The first-order valence-electron chi connectivity index (χ1n) is 8.35. The zero-order valence-corrected chi connectivity index (χ0v) is 13.9. The van der Waals surface area contributed by atoms with Crippen molar-refractivity contribution in [1.82, 2.24) is 10.1 Å². The molecule has 120 valence electrons. The number of hydrogen-bond acceptors (Lipinski definition) is 4. The third-order valence-corrected chi connectivity index (χ3v) is 4.98. The number of fused-ring (bicyclic) bond motifs is 1. The van der Waals surface area contributed by atoms with Crippen LogP contribution in [0.3, 0.4) is 0 Å². The fourth-order valence-electron chi connectivity index (χ4n) is 3.49. The summed E-state index contributed by atoms with van der Waals surface area (Å²) in [5.41, 5.74) is 3.13. The van der Waals surface area contributed by atoms with E-state index in [1.807, 2.05) is 6.07 Å². The van der Waals surface area contributed by atoms with Gasteiger partial charge in [0.25, 0.3) is 0 Å². The topological polar surface area (TPSA) is 38.5 Å². The summed E-state index contributed by atoms with van der Waals surface area (Å²) in [4.78, 5) is 2.42. The molecule has 0 aliphatic carbocycles. The van der Waals surface area contributed by atoms with Crippen LogP contribution in [0.2, 0.25) is 0 Å². The van der Waals surface area contributed by atoms with Gasteiger partial charge in [-0.05, 0) is 70.3 Å². The molecular weight excluding hydrogens is 276 g/mol. The van der Waals surface area contributed by atoms with E-state index in [9.17, 15) is 0 Å². The lowest BCUT2D eigenvalue weighted by Crippen LogP contribution is -2.30. The zero-order valence-electron chi connectivity index (χ0n) is 13.9. The van der Waals surface area contributed by atoms with Crippen LogP contribution in [0.4, 0.5) is 0 Å². The van der Waals surface area contributed by atoms with Gasteiger partial charge in [-0.15, -0.1) is 0 Å². The van der Waals surface area contributed by atoms with Gasteiger partial charge in [0, 0.05) is 10.9 Å². The van der Waals surface area contributed by atoms with Crippen molar-refractivity contribution in [3.05, 3.63) is 23.4 Å². The number of rotatable bonds is 5. The lowest BCUT2D eigenvalue weighted by atomic mass is 9.91. The first-order chi connectivity index (χ1) is 10.7. The number of piperidine rings is 1. The van der Waals surface area contributed by atoms with Gasteiger partial charge in [-0.3, -0.25) is 0 Å². The van der Waals surface area contributed by atoms with Crippen LogP contribution >= 0.6 is 0 Å². The Morgan fingerprint density at radius 2 is 2.09 bits per heavy atom. The Morgan fingerprint density at radius 3 is 2.77 bits per heavy atom. The van der Waals surface area contributed by atoms with Crippen molar-refractivity contribution in [2.45, 2.75) is 39.0 Å². The molecule has 3 rings (SSSR count). The Hall–Kier alpha value is -1.55. The molecule has 4 nitrogen and oxygen atoms in total. The van der Waals surface area contributed by atoms with Gasteiger partial charge >= 0.3 is 0 Å². The number of ether oxygens (including phenoxy) is 1. The van der Waals surface area contributed by atoms with E-state index >= 15 is 0 Å². The van der Waals surface area contributed by atoms with Crippen LogP contribution in [0.15, 0.2) is 16.7 Å². The number of benzene rings is 1. The second-order valence-electron chi connectivity index (χ2n) is 6.39. The van der Waals surface area contributed by atoms with Crippen molar-refractivity contribution in [3.8, 4) is 5.75 Å². The molecule has 1 aromatic heterocycles. The molecule has 22 heavy (non-hydrogen) atoms. The average molecular weight is 302 g/mol. The lowest BCUT2D eigenvalue weighted by molar-refractivity contribution is 0.212. The minimum absolute atomic E-state index is 0.826. The van der Waals surface area contributed by atoms with Crippen LogP contribution in [0, 0.1) is 5.92 Å². The second kappa shape index (κ2) is 6.69. The Kier molecular flexibility index (Phi) is 4.67. The van der Waals surface area contributed by atoms with Gasteiger partial charge in [0.15, 0.2) is 5.58 Å². The molecule has 1 aromatic carbocycles. The van der Waals surface area contributed by atoms with Crippen molar-refractivity contribution in [2.24, 2.45) is 5.92 Å². The maximum atomic E-state index is 5.63. The molecule has 2 heterocycles. The maximum absolute atomic E-state index is 5.63. The Labute approximate surface area is 132 Å². The molecule has 0 radical (unpaired) electrons. The van der Waals surface area contributed by atoms with E-state index in [-0.39, 0.29) is 0 Å². The molecule has 0 saturated carbocycles.